The van der Waals surface area contributed by atoms with Crippen molar-refractivity contribution >= 4 is 12.1 Å². The summed E-state index contributed by atoms with van der Waals surface area (Å²) in [5.41, 5.74) is 2.50. The lowest BCUT2D eigenvalue weighted by atomic mass is 9.75. The summed E-state index contributed by atoms with van der Waals surface area (Å²) in [6.45, 7) is 7.31. The molecule has 0 bridgehead atoms. The van der Waals surface area contributed by atoms with Crippen LogP contribution in [0.1, 0.15) is 48.2 Å². The molecule has 0 fully saturated rings. The summed E-state index contributed by atoms with van der Waals surface area (Å²) in [6, 6.07) is 9.06. The lowest BCUT2D eigenvalue weighted by Crippen LogP contribution is -2.36. The second-order valence-corrected chi connectivity index (χ2v) is 8.24. The molecule has 0 aliphatic carbocycles. The molecular weight excluding hydrogens is 372 g/mol. The van der Waals surface area contributed by atoms with Crippen molar-refractivity contribution < 1.29 is 24.2 Å². The smallest absolute Gasteiger partial charge is 0.407 e. The van der Waals surface area contributed by atoms with Gasteiger partial charge in [0.2, 0.25) is 5.88 Å². The van der Waals surface area contributed by atoms with Crippen LogP contribution in [0.2, 0.25) is 0 Å². The quantitative estimate of drug-likeness (QED) is 0.775. The lowest BCUT2D eigenvalue weighted by molar-refractivity contribution is 0.0600. The van der Waals surface area contributed by atoms with E-state index in [4.69, 9.17) is 4.74 Å². The maximum atomic E-state index is 11.6. The van der Waals surface area contributed by atoms with E-state index < -0.39 is 12.1 Å². The van der Waals surface area contributed by atoms with Gasteiger partial charge in [0.25, 0.3) is 0 Å². The van der Waals surface area contributed by atoms with Gasteiger partial charge in [-0.2, -0.15) is 0 Å². The van der Waals surface area contributed by atoms with Gasteiger partial charge >= 0.3 is 12.1 Å². The van der Waals surface area contributed by atoms with Crippen LogP contribution in [0.15, 0.2) is 36.5 Å². The number of aromatic nitrogens is 1. The number of benzene rings is 1. The monoisotopic (exact) mass is 398 g/mol. The van der Waals surface area contributed by atoms with Crippen molar-refractivity contribution in [3.05, 3.63) is 53.2 Å². The Morgan fingerprint density at radius 3 is 2.55 bits per heavy atom. The van der Waals surface area contributed by atoms with Crippen molar-refractivity contribution in [3.63, 3.8) is 0 Å². The summed E-state index contributed by atoms with van der Waals surface area (Å²) in [6.07, 6.45) is 1.14. The maximum absolute atomic E-state index is 11.6. The first-order chi connectivity index (χ1) is 13.7. The zero-order valence-electron chi connectivity index (χ0n) is 17.1. The van der Waals surface area contributed by atoms with Crippen LogP contribution in [0.3, 0.4) is 0 Å². The van der Waals surface area contributed by atoms with E-state index in [2.05, 4.69) is 30.5 Å². The summed E-state index contributed by atoms with van der Waals surface area (Å²) in [4.78, 5) is 28.8. The Morgan fingerprint density at radius 2 is 1.97 bits per heavy atom. The lowest BCUT2D eigenvalue weighted by Gasteiger charge is -2.33. The minimum Gasteiger partial charge on any atom is -0.465 e. The van der Waals surface area contributed by atoms with Crippen LogP contribution < -0.4 is 4.74 Å². The molecule has 1 aliphatic heterocycles. The number of carboxylic acid groups (broad SMARTS) is 1. The van der Waals surface area contributed by atoms with Crippen molar-refractivity contribution in [2.24, 2.45) is 5.41 Å². The molecule has 0 spiro atoms. The van der Waals surface area contributed by atoms with Crippen molar-refractivity contribution in [1.82, 2.24) is 9.88 Å². The third-order valence-corrected chi connectivity index (χ3v) is 5.24. The molecule has 3 rings (SSSR count). The largest absolute Gasteiger partial charge is 0.465 e. The van der Waals surface area contributed by atoms with Gasteiger partial charge in [-0.15, -0.1) is 0 Å². The molecule has 0 saturated carbocycles. The number of methoxy groups -OCH3 is 1. The normalized spacial score (nSPS) is 16.6. The predicted octanol–water partition coefficient (Wildman–Crippen LogP) is 4.33. The summed E-state index contributed by atoms with van der Waals surface area (Å²) < 4.78 is 10.5. The number of fused-ring (bicyclic) bond motifs is 1. The molecule has 1 N–H and O–H groups in total. The van der Waals surface area contributed by atoms with Crippen LogP contribution >= 0.6 is 0 Å². The van der Waals surface area contributed by atoms with E-state index in [0.717, 1.165) is 11.1 Å². The van der Waals surface area contributed by atoms with Crippen molar-refractivity contribution in [2.75, 3.05) is 20.2 Å². The fraction of sp³-hybridized carbons (Fsp3) is 0.409. The summed E-state index contributed by atoms with van der Waals surface area (Å²) in [7, 11) is 1.32. The number of amides is 1. The standard InChI is InChI=1S/C22H26N2O5/c1-22(2,3)18-13-24(21(26)27)10-9-14-11-16(6-7-17(14)18)29-19-8-5-15(12-23-19)20(25)28-4/h5-8,11-12,18H,9-10,13H2,1-4H3,(H,26,27). The SMILES string of the molecule is COC(=O)c1ccc(Oc2ccc3c(c2)CCN(C(=O)O)CC3C(C)(C)C)nc1. The van der Waals surface area contributed by atoms with Crippen LogP contribution in [0.5, 0.6) is 11.6 Å². The van der Waals surface area contributed by atoms with E-state index in [-0.39, 0.29) is 11.3 Å². The zero-order chi connectivity index (χ0) is 21.2. The highest BCUT2D eigenvalue weighted by molar-refractivity contribution is 5.88. The number of hydrogen-bond donors (Lipinski definition) is 1. The molecule has 1 aromatic carbocycles. The van der Waals surface area contributed by atoms with E-state index in [1.807, 2.05) is 18.2 Å². The first-order valence-electron chi connectivity index (χ1n) is 9.52. The fourth-order valence-electron chi connectivity index (χ4n) is 3.58. The molecule has 2 heterocycles. The number of esters is 1. The highest BCUT2D eigenvalue weighted by atomic mass is 16.5. The fourth-order valence-corrected chi connectivity index (χ4v) is 3.58. The van der Waals surface area contributed by atoms with E-state index in [9.17, 15) is 14.7 Å². The van der Waals surface area contributed by atoms with Gasteiger partial charge in [0.15, 0.2) is 0 Å². The molecule has 1 aromatic heterocycles. The molecular formula is C22H26N2O5. The molecule has 1 atom stereocenters. The third-order valence-electron chi connectivity index (χ3n) is 5.24. The van der Waals surface area contributed by atoms with Gasteiger partial charge < -0.3 is 19.5 Å². The second-order valence-electron chi connectivity index (χ2n) is 8.24. The number of hydrogen-bond acceptors (Lipinski definition) is 5. The number of nitrogens with zero attached hydrogens (tertiary/aromatic N) is 2. The minimum atomic E-state index is -0.890. The Labute approximate surface area is 170 Å². The van der Waals surface area contributed by atoms with Gasteiger partial charge in [-0.05, 0) is 41.2 Å². The molecule has 1 unspecified atom stereocenters. The summed E-state index contributed by atoms with van der Waals surface area (Å²) in [5, 5.41) is 9.51. The summed E-state index contributed by atoms with van der Waals surface area (Å²) in [5.74, 6) is 0.622. The zero-order valence-corrected chi connectivity index (χ0v) is 17.1. The predicted molar refractivity (Wildman–Crippen MR) is 108 cm³/mol. The first kappa shape index (κ1) is 20.6. The second kappa shape index (κ2) is 8.11. The van der Waals surface area contributed by atoms with Gasteiger partial charge in [0, 0.05) is 31.3 Å². The van der Waals surface area contributed by atoms with Crippen molar-refractivity contribution in [2.45, 2.75) is 33.1 Å². The highest BCUT2D eigenvalue weighted by Gasteiger charge is 2.33. The Kier molecular flexibility index (Phi) is 5.77. The van der Waals surface area contributed by atoms with E-state index >= 15 is 0 Å². The number of carbonyl (C=O) groups is 2. The van der Waals surface area contributed by atoms with Gasteiger partial charge in [-0.3, -0.25) is 0 Å². The average Bonchev–Trinajstić information content (AvgIpc) is 2.87. The third kappa shape index (κ3) is 4.67. The minimum absolute atomic E-state index is 0.0829. The van der Waals surface area contributed by atoms with Crippen LogP contribution in [0, 0.1) is 5.41 Å². The first-order valence-corrected chi connectivity index (χ1v) is 9.52. The van der Waals surface area contributed by atoms with Crippen LogP contribution in [-0.2, 0) is 11.2 Å². The molecule has 1 aliphatic rings. The Hall–Kier alpha value is -3.09. The van der Waals surface area contributed by atoms with Crippen LogP contribution in [0.25, 0.3) is 0 Å². The molecule has 29 heavy (non-hydrogen) atoms. The van der Waals surface area contributed by atoms with Crippen LogP contribution in [0.4, 0.5) is 4.79 Å². The number of pyridine rings is 1. The average molecular weight is 398 g/mol. The Balaban J connectivity index is 1.86. The van der Waals surface area contributed by atoms with E-state index in [1.165, 1.54) is 18.2 Å². The molecule has 0 radical (unpaired) electrons. The maximum Gasteiger partial charge on any atom is 0.407 e. The number of carbonyl (C=O) groups excluding carboxylic acids is 1. The van der Waals surface area contributed by atoms with Crippen molar-refractivity contribution in [3.8, 4) is 11.6 Å². The van der Waals surface area contributed by atoms with E-state index in [0.29, 0.717) is 36.7 Å². The highest BCUT2D eigenvalue weighted by Crippen LogP contribution is 2.40. The molecule has 154 valence electrons. The molecule has 2 aromatic rings. The van der Waals surface area contributed by atoms with Gasteiger partial charge in [-0.1, -0.05) is 26.8 Å². The van der Waals surface area contributed by atoms with Gasteiger partial charge in [0.05, 0.1) is 12.7 Å². The molecule has 7 nitrogen and oxygen atoms in total. The van der Waals surface area contributed by atoms with Gasteiger partial charge in [-0.25, -0.2) is 14.6 Å². The molecule has 1 amide bonds. The topological polar surface area (TPSA) is 89.0 Å². The molecule has 7 heteroatoms. The Morgan fingerprint density at radius 1 is 1.21 bits per heavy atom. The Bertz CT molecular complexity index is 902. The van der Waals surface area contributed by atoms with Crippen LogP contribution in [-0.4, -0.2) is 47.3 Å². The summed E-state index contributed by atoms with van der Waals surface area (Å²) >= 11 is 0. The van der Waals surface area contributed by atoms with Crippen molar-refractivity contribution in [1.29, 1.82) is 0 Å². The van der Waals surface area contributed by atoms with Gasteiger partial charge in [0.1, 0.15) is 5.75 Å². The number of ether oxygens (including phenoxy) is 2. The number of rotatable bonds is 3. The van der Waals surface area contributed by atoms with E-state index in [1.54, 1.807) is 12.1 Å². The molecule has 0 saturated heterocycles.